The summed E-state index contributed by atoms with van der Waals surface area (Å²) in [5, 5.41) is 9.15. The van der Waals surface area contributed by atoms with Gasteiger partial charge in [-0.15, -0.1) is 0 Å². The molecule has 0 amide bonds. The third-order valence-electron chi connectivity index (χ3n) is 3.55. The number of carbonyl (C=O) groups excluding carboxylic acids is 1. The van der Waals surface area contributed by atoms with Crippen molar-refractivity contribution in [2.45, 2.75) is 45.1 Å². The lowest BCUT2D eigenvalue weighted by Crippen LogP contribution is -2.15. The molecule has 1 unspecified atom stereocenters. The van der Waals surface area contributed by atoms with Crippen LogP contribution in [0.15, 0.2) is 18.2 Å². The molecule has 0 radical (unpaired) electrons. The van der Waals surface area contributed by atoms with E-state index in [4.69, 9.17) is 9.84 Å². The van der Waals surface area contributed by atoms with Crippen LogP contribution in [0.5, 0.6) is 0 Å². The van der Waals surface area contributed by atoms with Crippen LogP contribution in [-0.4, -0.2) is 17.7 Å². The SMILES string of the molecule is CCOC(=O)CC1CCCc2cc(CO)ccc21. The molecule has 3 heteroatoms. The van der Waals surface area contributed by atoms with Crippen LogP contribution >= 0.6 is 0 Å². The van der Waals surface area contributed by atoms with Gasteiger partial charge in [0.05, 0.1) is 19.6 Å². The van der Waals surface area contributed by atoms with E-state index in [1.165, 1.54) is 11.1 Å². The number of aliphatic hydroxyl groups excluding tert-OH is 1. The number of ether oxygens (including phenoxy) is 1. The summed E-state index contributed by atoms with van der Waals surface area (Å²) < 4.78 is 5.03. The highest BCUT2D eigenvalue weighted by molar-refractivity contribution is 5.70. The zero-order chi connectivity index (χ0) is 13.0. The predicted octanol–water partition coefficient (Wildman–Crippen LogP) is 2.55. The van der Waals surface area contributed by atoms with Crippen LogP contribution in [0, 0.1) is 0 Å². The monoisotopic (exact) mass is 248 g/mol. The summed E-state index contributed by atoms with van der Waals surface area (Å²) in [6.45, 7) is 2.36. The van der Waals surface area contributed by atoms with Gasteiger partial charge in [-0.1, -0.05) is 18.2 Å². The average Bonchev–Trinajstić information content (AvgIpc) is 2.38. The Kier molecular flexibility index (Phi) is 4.37. The maximum Gasteiger partial charge on any atom is 0.306 e. The van der Waals surface area contributed by atoms with Gasteiger partial charge in [-0.05, 0) is 48.8 Å². The van der Waals surface area contributed by atoms with Crippen molar-refractivity contribution in [2.24, 2.45) is 0 Å². The Hall–Kier alpha value is -1.35. The fraction of sp³-hybridized carbons (Fsp3) is 0.533. The van der Waals surface area contributed by atoms with E-state index in [-0.39, 0.29) is 18.5 Å². The van der Waals surface area contributed by atoms with Gasteiger partial charge in [0.15, 0.2) is 0 Å². The fourth-order valence-electron chi connectivity index (χ4n) is 2.70. The highest BCUT2D eigenvalue weighted by atomic mass is 16.5. The minimum atomic E-state index is -0.110. The van der Waals surface area contributed by atoms with Gasteiger partial charge in [0.1, 0.15) is 0 Å². The van der Waals surface area contributed by atoms with Crippen molar-refractivity contribution >= 4 is 5.97 Å². The normalized spacial score (nSPS) is 18.2. The first-order valence-corrected chi connectivity index (χ1v) is 6.62. The molecule has 1 aliphatic rings. The Morgan fingerprint density at radius 3 is 3.06 bits per heavy atom. The third kappa shape index (κ3) is 2.91. The van der Waals surface area contributed by atoms with Crippen molar-refractivity contribution in [3.8, 4) is 0 Å². The number of carbonyl (C=O) groups is 1. The Morgan fingerprint density at radius 2 is 2.33 bits per heavy atom. The van der Waals surface area contributed by atoms with Gasteiger partial charge in [-0.25, -0.2) is 0 Å². The highest BCUT2D eigenvalue weighted by Gasteiger charge is 2.23. The Labute approximate surface area is 108 Å². The minimum absolute atomic E-state index is 0.0792. The second-order valence-corrected chi connectivity index (χ2v) is 4.79. The first-order chi connectivity index (χ1) is 8.74. The average molecular weight is 248 g/mol. The Balaban J connectivity index is 2.15. The number of hydrogen-bond donors (Lipinski definition) is 1. The van der Waals surface area contributed by atoms with Crippen molar-refractivity contribution < 1.29 is 14.6 Å². The number of fused-ring (bicyclic) bond motifs is 1. The molecular formula is C15H20O3. The van der Waals surface area contributed by atoms with Crippen LogP contribution in [0.1, 0.15) is 48.8 Å². The molecule has 98 valence electrons. The summed E-state index contributed by atoms with van der Waals surface area (Å²) in [4.78, 5) is 11.6. The van der Waals surface area contributed by atoms with E-state index in [0.29, 0.717) is 13.0 Å². The van der Waals surface area contributed by atoms with Crippen molar-refractivity contribution in [1.82, 2.24) is 0 Å². The molecule has 1 aromatic carbocycles. The lowest BCUT2D eigenvalue weighted by atomic mass is 9.80. The quantitative estimate of drug-likeness (QED) is 0.833. The Morgan fingerprint density at radius 1 is 1.50 bits per heavy atom. The molecule has 0 aliphatic heterocycles. The van der Waals surface area contributed by atoms with Gasteiger partial charge >= 0.3 is 5.97 Å². The number of aliphatic hydroxyl groups is 1. The molecule has 0 saturated heterocycles. The fourth-order valence-corrected chi connectivity index (χ4v) is 2.70. The standard InChI is InChI=1S/C15H20O3/c1-2-18-15(17)9-13-5-3-4-12-8-11(10-16)6-7-14(12)13/h6-8,13,16H,2-5,9-10H2,1H3. The van der Waals surface area contributed by atoms with E-state index in [0.717, 1.165) is 24.8 Å². The lowest BCUT2D eigenvalue weighted by Gasteiger charge is -2.25. The van der Waals surface area contributed by atoms with Crippen molar-refractivity contribution in [3.05, 3.63) is 34.9 Å². The summed E-state index contributed by atoms with van der Waals surface area (Å²) in [6.07, 6.45) is 3.66. The van der Waals surface area contributed by atoms with Gasteiger partial charge in [-0.2, -0.15) is 0 Å². The lowest BCUT2D eigenvalue weighted by molar-refractivity contribution is -0.143. The molecule has 0 heterocycles. The zero-order valence-electron chi connectivity index (χ0n) is 10.8. The van der Waals surface area contributed by atoms with Crippen LogP contribution < -0.4 is 0 Å². The van der Waals surface area contributed by atoms with E-state index in [9.17, 15) is 4.79 Å². The van der Waals surface area contributed by atoms with Gasteiger partial charge < -0.3 is 9.84 Å². The number of aryl methyl sites for hydroxylation is 1. The molecule has 18 heavy (non-hydrogen) atoms. The molecule has 2 rings (SSSR count). The molecule has 0 fully saturated rings. The molecule has 1 aliphatic carbocycles. The first-order valence-electron chi connectivity index (χ1n) is 6.62. The van der Waals surface area contributed by atoms with Crippen LogP contribution in [0.3, 0.4) is 0 Å². The summed E-state index contributed by atoms with van der Waals surface area (Å²) >= 11 is 0. The van der Waals surface area contributed by atoms with Gasteiger partial charge in [0.2, 0.25) is 0 Å². The number of esters is 1. The predicted molar refractivity (Wildman–Crippen MR) is 69.3 cm³/mol. The van der Waals surface area contributed by atoms with Crippen molar-refractivity contribution in [3.63, 3.8) is 0 Å². The van der Waals surface area contributed by atoms with E-state index in [2.05, 4.69) is 12.1 Å². The van der Waals surface area contributed by atoms with E-state index < -0.39 is 0 Å². The summed E-state index contributed by atoms with van der Waals surface area (Å²) in [6, 6.07) is 6.07. The van der Waals surface area contributed by atoms with Crippen molar-refractivity contribution in [2.75, 3.05) is 6.61 Å². The minimum Gasteiger partial charge on any atom is -0.466 e. The first kappa shape index (κ1) is 13.1. The van der Waals surface area contributed by atoms with Crippen LogP contribution in [-0.2, 0) is 22.6 Å². The van der Waals surface area contributed by atoms with Crippen molar-refractivity contribution in [1.29, 1.82) is 0 Å². The molecule has 1 aromatic rings. The second kappa shape index (κ2) is 6.01. The Bertz CT molecular complexity index is 426. The number of rotatable bonds is 4. The summed E-state index contributed by atoms with van der Waals surface area (Å²) in [5.74, 6) is 0.169. The van der Waals surface area contributed by atoms with Crippen LogP contribution in [0.4, 0.5) is 0 Å². The number of hydrogen-bond acceptors (Lipinski definition) is 3. The smallest absolute Gasteiger partial charge is 0.306 e. The maximum atomic E-state index is 11.6. The largest absolute Gasteiger partial charge is 0.466 e. The summed E-state index contributed by atoms with van der Waals surface area (Å²) in [7, 11) is 0. The number of benzene rings is 1. The molecule has 0 aromatic heterocycles. The van der Waals surface area contributed by atoms with Gasteiger partial charge in [-0.3, -0.25) is 4.79 Å². The van der Waals surface area contributed by atoms with Gasteiger partial charge in [0.25, 0.3) is 0 Å². The molecule has 0 saturated carbocycles. The molecule has 1 N–H and O–H groups in total. The van der Waals surface area contributed by atoms with E-state index in [1.54, 1.807) is 0 Å². The molecule has 1 atom stereocenters. The highest BCUT2D eigenvalue weighted by Crippen LogP contribution is 2.34. The van der Waals surface area contributed by atoms with Gasteiger partial charge in [0, 0.05) is 0 Å². The van der Waals surface area contributed by atoms with Crippen LogP contribution in [0.25, 0.3) is 0 Å². The van der Waals surface area contributed by atoms with E-state index in [1.807, 2.05) is 13.0 Å². The van der Waals surface area contributed by atoms with E-state index >= 15 is 0 Å². The molecule has 3 nitrogen and oxygen atoms in total. The van der Waals surface area contributed by atoms with Crippen LogP contribution in [0.2, 0.25) is 0 Å². The summed E-state index contributed by atoms with van der Waals surface area (Å²) in [5.41, 5.74) is 3.49. The molecule has 0 spiro atoms. The topological polar surface area (TPSA) is 46.5 Å². The maximum absolute atomic E-state index is 11.6. The third-order valence-corrected chi connectivity index (χ3v) is 3.55. The second-order valence-electron chi connectivity index (χ2n) is 4.79. The molecule has 0 bridgehead atoms. The zero-order valence-corrected chi connectivity index (χ0v) is 10.8. The molecular weight excluding hydrogens is 228 g/mol.